The maximum Gasteiger partial charge on any atom is 0.257 e. The van der Waals surface area contributed by atoms with Crippen molar-refractivity contribution in [2.75, 3.05) is 0 Å². The molecule has 152 valence electrons. The summed E-state index contributed by atoms with van der Waals surface area (Å²) in [6, 6.07) is 7.50. The van der Waals surface area contributed by atoms with Crippen LogP contribution in [-0.2, 0) is 0 Å². The lowest BCUT2D eigenvalue weighted by Gasteiger charge is -2.59. The molecular weight excluding hydrogens is 368 g/mol. The van der Waals surface area contributed by atoms with E-state index >= 15 is 0 Å². The van der Waals surface area contributed by atoms with E-state index in [-0.39, 0.29) is 12.0 Å². The number of benzene rings is 1. The van der Waals surface area contributed by atoms with E-state index in [1.807, 2.05) is 26.0 Å². The number of hydrogen-bond donors (Lipinski definition) is 2. The van der Waals surface area contributed by atoms with Crippen molar-refractivity contribution in [3.05, 3.63) is 29.8 Å². The minimum atomic E-state index is -0.175. The molecule has 2 N–H and O–H groups in total. The molecule has 1 amide bonds. The fraction of sp³-hybridized carbons (Fsp3) is 0.652. The number of amides is 1. The molecule has 0 aliphatic heterocycles. The predicted octanol–water partition coefficient (Wildman–Crippen LogP) is 4.68. The fourth-order valence-electron chi connectivity index (χ4n) is 6.23. The van der Waals surface area contributed by atoms with Gasteiger partial charge in [0.1, 0.15) is 5.75 Å². The van der Waals surface area contributed by atoms with Crippen LogP contribution >= 0.6 is 12.2 Å². The molecule has 0 saturated heterocycles. The molecule has 0 unspecified atom stereocenters. The second kappa shape index (κ2) is 7.66. The average molecular weight is 401 g/mol. The summed E-state index contributed by atoms with van der Waals surface area (Å²) in [6.07, 6.45) is 8.38. The molecule has 4 saturated carbocycles. The van der Waals surface area contributed by atoms with Crippen LogP contribution in [0, 0.1) is 23.2 Å². The second-order valence-electron chi connectivity index (χ2n) is 9.62. The molecule has 1 atom stereocenters. The van der Waals surface area contributed by atoms with Crippen molar-refractivity contribution in [2.24, 2.45) is 23.2 Å². The fourth-order valence-corrected chi connectivity index (χ4v) is 6.50. The maximum absolute atomic E-state index is 12.5. The first-order chi connectivity index (χ1) is 13.3. The van der Waals surface area contributed by atoms with Gasteiger partial charge in [0, 0.05) is 11.6 Å². The zero-order valence-corrected chi connectivity index (χ0v) is 18.0. The summed E-state index contributed by atoms with van der Waals surface area (Å²) >= 11 is 5.48. The molecule has 4 nitrogen and oxygen atoms in total. The van der Waals surface area contributed by atoms with Crippen molar-refractivity contribution in [1.82, 2.24) is 10.6 Å². The van der Waals surface area contributed by atoms with Gasteiger partial charge in [-0.3, -0.25) is 10.1 Å². The molecule has 1 aromatic rings. The molecule has 5 heteroatoms. The number of rotatable bonds is 5. The minimum Gasteiger partial charge on any atom is -0.491 e. The van der Waals surface area contributed by atoms with E-state index in [9.17, 15) is 4.79 Å². The predicted molar refractivity (Wildman–Crippen MR) is 115 cm³/mol. The van der Waals surface area contributed by atoms with Gasteiger partial charge in [0.25, 0.3) is 5.91 Å². The summed E-state index contributed by atoms with van der Waals surface area (Å²) in [4.78, 5) is 12.5. The average Bonchev–Trinajstić information content (AvgIpc) is 2.60. The zero-order valence-electron chi connectivity index (χ0n) is 17.2. The van der Waals surface area contributed by atoms with Gasteiger partial charge in [-0.15, -0.1) is 0 Å². The minimum absolute atomic E-state index is 0.113. The van der Waals surface area contributed by atoms with Crippen LogP contribution in [0.15, 0.2) is 24.3 Å². The summed E-state index contributed by atoms with van der Waals surface area (Å²) < 4.78 is 5.63. The van der Waals surface area contributed by atoms with E-state index in [0.29, 0.717) is 22.1 Å². The third kappa shape index (κ3) is 4.05. The lowest BCUT2D eigenvalue weighted by molar-refractivity contribution is -0.0672. The molecular formula is C23H32N2O2S. The normalized spacial score (nSPS) is 31.5. The van der Waals surface area contributed by atoms with E-state index < -0.39 is 0 Å². The topological polar surface area (TPSA) is 50.4 Å². The maximum atomic E-state index is 12.5. The lowest BCUT2D eigenvalue weighted by atomic mass is 9.48. The second-order valence-corrected chi connectivity index (χ2v) is 10.0. The molecule has 4 aliphatic rings. The smallest absolute Gasteiger partial charge is 0.257 e. The summed E-state index contributed by atoms with van der Waals surface area (Å²) in [6.45, 7) is 6.22. The molecule has 0 aromatic heterocycles. The first-order valence-electron chi connectivity index (χ1n) is 10.7. The molecule has 28 heavy (non-hydrogen) atoms. The van der Waals surface area contributed by atoms with E-state index in [1.54, 1.807) is 12.1 Å². The van der Waals surface area contributed by atoms with Gasteiger partial charge in [-0.05, 0) is 119 Å². The highest BCUT2D eigenvalue weighted by Crippen LogP contribution is 2.61. The van der Waals surface area contributed by atoms with Crippen molar-refractivity contribution in [3.63, 3.8) is 0 Å². The molecule has 5 rings (SSSR count). The van der Waals surface area contributed by atoms with Gasteiger partial charge in [0.05, 0.1) is 6.10 Å². The third-order valence-electron chi connectivity index (χ3n) is 7.07. The Kier molecular flexibility index (Phi) is 5.38. The van der Waals surface area contributed by atoms with Crippen LogP contribution in [0.4, 0.5) is 0 Å². The van der Waals surface area contributed by atoms with Crippen LogP contribution in [0.3, 0.4) is 0 Å². The van der Waals surface area contributed by atoms with Crippen molar-refractivity contribution >= 4 is 23.2 Å². The van der Waals surface area contributed by atoms with Gasteiger partial charge in [-0.25, -0.2) is 0 Å². The summed E-state index contributed by atoms with van der Waals surface area (Å²) in [7, 11) is 0. The van der Waals surface area contributed by atoms with E-state index in [0.717, 1.165) is 23.5 Å². The van der Waals surface area contributed by atoms with Gasteiger partial charge in [-0.1, -0.05) is 0 Å². The van der Waals surface area contributed by atoms with Gasteiger partial charge in [0.15, 0.2) is 5.11 Å². The Labute approximate surface area is 173 Å². The van der Waals surface area contributed by atoms with Crippen molar-refractivity contribution in [2.45, 2.75) is 71.4 Å². The number of ether oxygens (including phenoxy) is 1. The summed E-state index contributed by atoms with van der Waals surface area (Å²) in [5, 5.41) is 6.75. The third-order valence-corrected chi connectivity index (χ3v) is 7.29. The standard InChI is InChI=1S/C23H32N2O2S/c1-14(2)27-20-6-4-19(5-7-20)21(26)25-22(28)24-15(3)23-11-16-8-17(12-23)10-18(9-16)13-23/h4-7,14-18H,8-13H2,1-3H3,(H2,24,25,26,28)/t15-,16?,17?,18?,23?/m1/s1. The Bertz CT molecular complexity index is 708. The molecule has 0 radical (unpaired) electrons. The Morgan fingerprint density at radius 1 is 1.04 bits per heavy atom. The summed E-state index contributed by atoms with van der Waals surface area (Å²) in [5.41, 5.74) is 0.946. The molecule has 4 bridgehead atoms. The summed E-state index contributed by atoms with van der Waals surface area (Å²) in [5.74, 6) is 3.31. The van der Waals surface area contributed by atoms with Crippen LogP contribution in [0.5, 0.6) is 5.75 Å². The van der Waals surface area contributed by atoms with E-state index in [4.69, 9.17) is 17.0 Å². The van der Waals surface area contributed by atoms with Crippen LogP contribution in [0.1, 0.15) is 69.7 Å². The Balaban J connectivity index is 1.33. The SMILES string of the molecule is CC(C)Oc1ccc(C(=O)NC(=S)N[C@H](C)C23CC4CC(CC(C4)C2)C3)cc1. The molecule has 0 heterocycles. The highest BCUT2D eigenvalue weighted by atomic mass is 32.1. The number of hydrogen-bond acceptors (Lipinski definition) is 3. The number of carbonyl (C=O) groups is 1. The Hall–Kier alpha value is -1.62. The quantitative estimate of drug-likeness (QED) is 0.705. The van der Waals surface area contributed by atoms with Crippen molar-refractivity contribution < 1.29 is 9.53 Å². The Morgan fingerprint density at radius 2 is 1.57 bits per heavy atom. The highest BCUT2D eigenvalue weighted by molar-refractivity contribution is 7.80. The lowest BCUT2D eigenvalue weighted by Crippen LogP contribution is -2.57. The van der Waals surface area contributed by atoms with Crippen molar-refractivity contribution in [1.29, 1.82) is 0 Å². The van der Waals surface area contributed by atoms with Crippen LogP contribution in [0.25, 0.3) is 0 Å². The molecule has 4 fully saturated rings. The number of nitrogens with one attached hydrogen (secondary N) is 2. The molecule has 0 spiro atoms. The monoisotopic (exact) mass is 400 g/mol. The first kappa shape index (κ1) is 19.7. The number of carbonyl (C=O) groups excluding carboxylic acids is 1. The van der Waals surface area contributed by atoms with Gasteiger partial charge in [-0.2, -0.15) is 0 Å². The van der Waals surface area contributed by atoms with E-state index in [2.05, 4.69) is 17.6 Å². The highest BCUT2D eigenvalue weighted by Gasteiger charge is 2.53. The van der Waals surface area contributed by atoms with Gasteiger partial charge in [0.2, 0.25) is 0 Å². The van der Waals surface area contributed by atoms with Crippen LogP contribution in [-0.4, -0.2) is 23.2 Å². The van der Waals surface area contributed by atoms with E-state index in [1.165, 1.54) is 38.5 Å². The number of thiocarbonyl (C=S) groups is 1. The first-order valence-corrected chi connectivity index (χ1v) is 11.1. The van der Waals surface area contributed by atoms with Crippen LogP contribution in [0.2, 0.25) is 0 Å². The van der Waals surface area contributed by atoms with Crippen LogP contribution < -0.4 is 15.4 Å². The largest absolute Gasteiger partial charge is 0.491 e. The zero-order chi connectivity index (χ0) is 19.9. The van der Waals surface area contributed by atoms with Gasteiger partial charge < -0.3 is 10.1 Å². The molecule has 1 aromatic carbocycles. The Morgan fingerprint density at radius 3 is 2.07 bits per heavy atom. The van der Waals surface area contributed by atoms with Gasteiger partial charge >= 0.3 is 0 Å². The van der Waals surface area contributed by atoms with Crippen molar-refractivity contribution in [3.8, 4) is 5.75 Å². The molecule has 4 aliphatic carbocycles.